The first kappa shape index (κ1) is 19.4. The van der Waals surface area contributed by atoms with E-state index in [9.17, 15) is 8.42 Å². The van der Waals surface area contributed by atoms with Crippen molar-refractivity contribution in [2.75, 3.05) is 32.7 Å². The summed E-state index contributed by atoms with van der Waals surface area (Å²) < 4.78 is 26.8. The Kier molecular flexibility index (Phi) is 6.70. The summed E-state index contributed by atoms with van der Waals surface area (Å²) in [6, 6.07) is 17.4. The van der Waals surface area contributed by atoms with E-state index in [-0.39, 0.29) is 5.75 Å². The maximum absolute atomic E-state index is 12.6. The molecular weight excluding hydrogens is 368 g/mol. The highest BCUT2D eigenvalue weighted by Crippen LogP contribution is 2.15. The monoisotopic (exact) mass is 392 g/mol. The molecule has 3 rings (SSSR count). The molecule has 0 atom stereocenters. The summed E-state index contributed by atoms with van der Waals surface area (Å²) in [6.07, 6.45) is 2.05. The van der Waals surface area contributed by atoms with Gasteiger partial charge in [-0.2, -0.15) is 4.31 Å². The summed E-state index contributed by atoms with van der Waals surface area (Å²) in [5, 5.41) is 0.778. The Morgan fingerprint density at radius 1 is 0.885 bits per heavy atom. The van der Waals surface area contributed by atoms with E-state index in [4.69, 9.17) is 11.6 Å². The third-order valence-corrected chi connectivity index (χ3v) is 6.83. The van der Waals surface area contributed by atoms with Gasteiger partial charge in [0.1, 0.15) is 0 Å². The standard InChI is InChI=1S/C20H25ClN2O2S/c21-20-10-4-8-18(16-20)9-5-11-22-12-14-23(15-13-22)26(24,25)17-19-6-2-1-3-7-19/h1-4,6-8,10,16H,5,9,11-15,17H2. The summed E-state index contributed by atoms with van der Waals surface area (Å²) >= 11 is 6.02. The minimum Gasteiger partial charge on any atom is -0.301 e. The number of halogens is 1. The molecule has 6 heteroatoms. The van der Waals surface area contributed by atoms with E-state index in [1.165, 1.54) is 5.56 Å². The third kappa shape index (κ3) is 5.55. The first-order valence-corrected chi connectivity index (χ1v) is 11.0. The Hall–Kier alpha value is -1.40. The predicted octanol–water partition coefficient (Wildman–Crippen LogP) is 3.42. The van der Waals surface area contributed by atoms with E-state index in [1.807, 2.05) is 48.5 Å². The minimum absolute atomic E-state index is 0.0859. The van der Waals surface area contributed by atoms with Gasteiger partial charge in [-0.1, -0.05) is 54.1 Å². The van der Waals surface area contributed by atoms with Gasteiger partial charge in [-0.3, -0.25) is 0 Å². The molecule has 0 amide bonds. The van der Waals surface area contributed by atoms with Crippen LogP contribution >= 0.6 is 11.6 Å². The molecule has 0 bridgehead atoms. The Balaban J connectivity index is 1.43. The van der Waals surface area contributed by atoms with Crippen molar-refractivity contribution in [1.82, 2.24) is 9.21 Å². The molecule has 26 heavy (non-hydrogen) atoms. The van der Waals surface area contributed by atoms with Gasteiger partial charge in [0, 0.05) is 31.2 Å². The van der Waals surface area contributed by atoms with Gasteiger partial charge in [-0.15, -0.1) is 0 Å². The normalized spacial score (nSPS) is 16.7. The van der Waals surface area contributed by atoms with Crippen LogP contribution < -0.4 is 0 Å². The summed E-state index contributed by atoms with van der Waals surface area (Å²) in [4.78, 5) is 2.35. The van der Waals surface area contributed by atoms with Gasteiger partial charge in [0.25, 0.3) is 0 Å². The maximum atomic E-state index is 12.6. The molecule has 0 aromatic heterocycles. The highest BCUT2D eigenvalue weighted by Gasteiger charge is 2.26. The zero-order chi connectivity index (χ0) is 18.4. The van der Waals surface area contributed by atoms with Crippen LogP contribution in [0.2, 0.25) is 5.02 Å². The van der Waals surface area contributed by atoms with E-state index < -0.39 is 10.0 Å². The fourth-order valence-electron chi connectivity index (χ4n) is 3.31. The van der Waals surface area contributed by atoms with Gasteiger partial charge in [0.15, 0.2) is 0 Å². The molecule has 4 nitrogen and oxygen atoms in total. The van der Waals surface area contributed by atoms with Gasteiger partial charge in [-0.05, 0) is 42.6 Å². The van der Waals surface area contributed by atoms with Crippen molar-refractivity contribution in [3.05, 3.63) is 70.7 Å². The number of hydrogen-bond donors (Lipinski definition) is 0. The smallest absolute Gasteiger partial charge is 0.218 e. The fraction of sp³-hybridized carbons (Fsp3) is 0.400. The van der Waals surface area contributed by atoms with E-state index in [0.29, 0.717) is 13.1 Å². The quantitative estimate of drug-likeness (QED) is 0.724. The van der Waals surface area contributed by atoms with Crippen LogP contribution in [-0.2, 0) is 22.2 Å². The second kappa shape index (κ2) is 9.00. The minimum atomic E-state index is -3.24. The summed E-state index contributed by atoms with van der Waals surface area (Å²) in [5.74, 6) is 0.0859. The van der Waals surface area contributed by atoms with Gasteiger partial charge in [-0.25, -0.2) is 8.42 Å². The maximum Gasteiger partial charge on any atom is 0.218 e. The predicted molar refractivity (Wildman–Crippen MR) is 107 cm³/mol. The lowest BCUT2D eigenvalue weighted by Crippen LogP contribution is -2.49. The fourth-order valence-corrected chi connectivity index (χ4v) is 5.04. The first-order chi connectivity index (χ1) is 12.5. The van der Waals surface area contributed by atoms with Gasteiger partial charge in [0.2, 0.25) is 10.0 Å². The number of piperazine rings is 1. The van der Waals surface area contributed by atoms with Crippen molar-refractivity contribution >= 4 is 21.6 Å². The topological polar surface area (TPSA) is 40.6 Å². The van der Waals surface area contributed by atoms with Crippen molar-refractivity contribution in [3.8, 4) is 0 Å². The van der Waals surface area contributed by atoms with Crippen LogP contribution in [0.3, 0.4) is 0 Å². The lowest BCUT2D eigenvalue weighted by atomic mass is 10.1. The number of aryl methyl sites for hydroxylation is 1. The van der Waals surface area contributed by atoms with Crippen LogP contribution in [0.5, 0.6) is 0 Å². The number of sulfonamides is 1. The molecular formula is C20H25ClN2O2S. The number of rotatable bonds is 7. The van der Waals surface area contributed by atoms with Crippen molar-refractivity contribution in [1.29, 1.82) is 0 Å². The molecule has 0 unspecified atom stereocenters. The molecule has 0 radical (unpaired) electrons. The second-order valence-electron chi connectivity index (χ2n) is 6.72. The van der Waals surface area contributed by atoms with Crippen LogP contribution in [0, 0.1) is 0 Å². The third-order valence-electron chi connectivity index (χ3n) is 4.75. The summed E-state index contributed by atoms with van der Waals surface area (Å²) in [7, 11) is -3.24. The summed E-state index contributed by atoms with van der Waals surface area (Å²) in [6.45, 7) is 3.73. The molecule has 2 aromatic rings. The Morgan fingerprint density at radius 2 is 1.58 bits per heavy atom. The molecule has 1 heterocycles. The Morgan fingerprint density at radius 3 is 2.27 bits per heavy atom. The number of hydrogen-bond acceptors (Lipinski definition) is 3. The molecule has 0 saturated carbocycles. The molecule has 2 aromatic carbocycles. The van der Waals surface area contributed by atoms with E-state index in [0.717, 1.165) is 43.1 Å². The highest BCUT2D eigenvalue weighted by molar-refractivity contribution is 7.88. The molecule has 1 aliphatic rings. The SMILES string of the molecule is O=S(=O)(Cc1ccccc1)N1CCN(CCCc2cccc(Cl)c2)CC1. The first-order valence-electron chi connectivity index (χ1n) is 9.01. The van der Waals surface area contributed by atoms with Gasteiger partial charge >= 0.3 is 0 Å². The molecule has 1 aliphatic heterocycles. The summed E-state index contributed by atoms with van der Waals surface area (Å²) in [5.41, 5.74) is 2.10. The van der Waals surface area contributed by atoms with Crippen LogP contribution in [0.4, 0.5) is 0 Å². The molecule has 0 N–H and O–H groups in total. The largest absolute Gasteiger partial charge is 0.301 e. The van der Waals surface area contributed by atoms with Crippen LogP contribution in [-0.4, -0.2) is 50.3 Å². The lowest BCUT2D eigenvalue weighted by molar-refractivity contribution is 0.186. The average molecular weight is 393 g/mol. The van der Waals surface area contributed by atoms with Gasteiger partial charge in [0.05, 0.1) is 5.75 Å². The van der Waals surface area contributed by atoms with Crippen molar-refractivity contribution in [2.45, 2.75) is 18.6 Å². The Labute approximate surface area is 161 Å². The van der Waals surface area contributed by atoms with Crippen molar-refractivity contribution < 1.29 is 8.42 Å². The molecule has 1 saturated heterocycles. The second-order valence-corrected chi connectivity index (χ2v) is 9.12. The van der Waals surface area contributed by atoms with Crippen molar-refractivity contribution in [2.24, 2.45) is 0 Å². The van der Waals surface area contributed by atoms with E-state index in [1.54, 1.807) is 4.31 Å². The highest BCUT2D eigenvalue weighted by atomic mass is 35.5. The van der Waals surface area contributed by atoms with Crippen LogP contribution in [0.25, 0.3) is 0 Å². The van der Waals surface area contributed by atoms with Crippen LogP contribution in [0.1, 0.15) is 17.5 Å². The van der Waals surface area contributed by atoms with Crippen LogP contribution in [0.15, 0.2) is 54.6 Å². The number of benzene rings is 2. The van der Waals surface area contributed by atoms with E-state index in [2.05, 4.69) is 11.0 Å². The molecule has 0 spiro atoms. The molecule has 1 fully saturated rings. The Bertz CT molecular complexity index is 804. The number of nitrogens with zero attached hydrogens (tertiary/aromatic N) is 2. The van der Waals surface area contributed by atoms with E-state index >= 15 is 0 Å². The molecule has 0 aliphatic carbocycles. The zero-order valence-corrected chi connectivity index (χ0v) is 16.4. The lowest BCUT2D eigenvalue weighted by Gasteiger charge is -2.34. The zero-order valence-electron chi connectivity index (χ0n) is 14.9. The van der Waals surface area contributed by atoms with Crippen molar-refractivity contribution in [3.63, 3.8) is 0 Å². The average Bonchev–Trinajstić information content (AvgIpc) is 2.63. The molecule has 140 valence electrons. The van der Waals surface area contributed by atoms with Gasteiger partial charge < -0.3 is 4.90 Å².